The highest BCUT2D eigenvalue weighted by Gasteiger charge is 2.31. The van der Waals surface area contributed by atoms with Crippen LogP contribution in [0.25, 0.3) is 0 Å². The van der Waals surface area contributed by atoms with E-state index in [1.165, 1.54) is 38.9 Å². The summed E-state index contributed by atoms with van der Waals surface area (Å²) in [7, 11) is 2.26. The Bertz CT molecular complexity index is 191. The molecule has 1 aliphatic rings. The highest BCUT2D eigenvalue weighted by atomic mass is 15.1. The van der Waals surface area contributed by atoms with Crippen molar-refractivity contribution in [3.63, 3.8) is 0 Å². The van der Waals surface area contributed by atoms with Crippen LogP contribution in [-0.2, 0) is 0 Å². The lowest BCUT2D eigenvalue weighted by molar-refractivity contribution is 0.201. The lowest BCUT2D eigenvalue weighted by Gasteiger charge is -2.30. The molecule has 0 saturated heterocycles. The third-order valence-corrected chi connectivity index (χ3v) is 3.10. The Morgan fingerprint density at radius 1 is 1.31 bits per heavy atom. The Morgan fingerprint density at radius 2 is 1.94 bits per heavy atom. The zero-order valence-electron chi connectivity index (χ0n) is 11.8. The molecule has 0 spiro atoms. The van der Waals surface area contributed by atoms with Crippen molar-refractivity contribution < 1.29 is 0 Å². The fourth-order valence-electron chi connectivity index (χ4n) is 2.42. The van der Waals surface area contributed by atoms with E-state index >= 15 is 0 Å². The minimum atomic E-state index is 0.410. The topological polar surface area (TPSA) is 15.3 Å². The minimum Gasteiger partial charge on any atom is -0.312 e. The molecule has 1 atom stereocenters. The third-order valence-electron chi connectivity index (χ3n) is 3.10. The predicted octanol–water partition coefficient (Wildman–Crippen LogP) is 2.74. The lowest BCUT2D eigenvalue weighted by atomic mass is 9.96. The maximum Gasteiger partial charge on any atom is 0.0223 e. The van der Waals surface area contributed by atoms with Gasteiger partial charge in [0.25, 0.3) is 0 Å². The van der Waals surface area contributed by atoms with Crippen LogP contribution in [0.15, 0.2) is 0 Å². The Balaban J connectivity index is 2.30. The summed E-state index contributed by atoms with van der Waals surface area (Å²) in [5, 5.41) is 3.71. The summed E-state index contributed by atoms with van der Waals surface area (Å²) < 4.78 is 0. The van der Waals surface area contributed by atoms with Gasteiger partial charge in [-0.25, -0.2) is 0 Å². The van der Waals surface area contributed by atoms with Crippen molar-refractivity contribution >= 4 is 0 Å². The van der Waals surface area contributed by atoms with E-state index in [-0.39, 0.29) is 0 Å². The summed E-state index contributed by atoms with van der Waals surface area (Å²) in [6, 6.07) is 0.729. The first-order chi connectivity index (χ1) is 7.42. The van der Waals surface area contributed by atoms with Gasteiger partial charge in [-0.3, -0.25) is 0 Å². The molecule has 1 aliphatic carbocycles. The van der Waals surface area contributed by atoms with E-state index in [1.54, 1.807) is 0 Å². The molecule has 16 heavy (non-hydrogen) atoms. The molecule has 1 rings (SSSR count). The summed E-state index contributed by atoms with van der Waals surface area (Å²) in [6.07, 6.45) is 4.11. The van der Waals surface area contributed by atoms with E-state index in [9.17, 15) is 0 Å². The monoisotopic (exact) mass is 226 g/mol. The first kappa shape index (κ1) is 14.0. The molecule has 0 aromatic carbocycles. The molecule has 0 heterocycles. The SMILES string of the molecule is CCCNC(CN(C)CC(C)(C)C)C1CC1. The van der Waals surface area contributed by atoms with Gasteiger partial charge in [0.05, 0.1) is 0 Å². The van der Waals surface area contributed by atoms with Crippen molar-refractivity contribution in [2.45, 2.75) is 53.0 Å². The standard InChI is InChI=1S/C14H30N2/c1-6-9-15-13(12-7-8-12)10-16(5)11-14(2,3)4/h12-13,15H,6-11H2,1-5H3. The van der Waals surface area contributed by atoms with Crippen LogP contribution in [0.1, 0.15) is 47.0 Å². The van der Waals surface area contributed by atoms with Gasteiger partial charge in [-0.2, -0.15) is 0 Å². The van der Waals surface area contributed by atoms with Gasteiger partial charge in [0.15, 0.2) is 0 Å². The quantitative estimate of drug-likeness (QED) is 0.718. The zero-order valence-corrected chi connectivity index (χ0v) is 11.8. The number of hydrogen-bond donors (Lipinski definition) is 1. The maximum atomic E-state index is 3.71. The van der Waals surface area contributed by atoms with E-state index in [2.05, 4.69) is 45.0 Å². The van der Waals surface area contributed by atoms with Crippen molar-refractivity contribution in [3.8, 4) is 0 Å². The lowest BCUT2D eigenvalue weighted by Crippen LogP contribution is -2.43. The Kier molecular flexibility index (Phi) is 5.26. The summed E-state index contributed by atoms with van der Waals surface area (Å²) >= 11 is 0. The number of likely N-dealkylation sites (N-methyl/N-ethyl adjacent to an activating group) is 1. The fraction of sp³-hybridized carbons (Fsp3) is 1.00. The van der Waals surface area contributed by atoms with Crippen molar-refractivity contribution in [1.29, 1.82) is 0 Å². The average molecular weight is 226 g/mol. The van der Waals surface area contributed by atoms with Gasteiger partial charge >= 0.3 is 0 Å². The highest BCUT2D eigenvalue weighted by molar-refractivity contribution is 4.88. The fourth-order valence-corrected chi connectivity index (χ4v) is 2.42. The first-order valence-electron chi connectivity index (χ1n) is 6.84. The molecule has 0 aromatic rings. The molecule has 0 bridgehead atoms. The third kappa shape index (κ3) is 5.86. The minimum absolute atomic E-state index is 0.410. The van der Waals surface area contributed by atoms with Gasteiger partial charge in [0.1, 0.15) is 0 Å². The molecule has 0 aromatic heterocycles. The molecule has 1 fully saturated rings. The van der Waals surface area contributed by atoms with Crippen LogP contribution in [0.2, 0.25) is 0 Å². The van der Waals surface area contributed by atoms with Crippen LogP contribution >= 0.6 is 0 Å². The molecule has 1 saturated carbocycles. The molecule has 0 aliphatic heterocycles. The van der Waals surface area contributed by atoms with Crippen LogP contribution in [0.3, 0.4) is 0 Å². The second kappa shape index (κ2) is 6.02. The van der Waals surface area contributed by atoms with E-state index in [0.717, 1.165) is 12.0 Å². The number of nitrogens with zero attached hydrogens (tertiary/aromatic N) is 1. The second-order valence-electron chi connectivity index (χ2n) is 6.66. The molecule has 1 N–H and O–H groups in total. The Hall–Kier alpha value is -0.0800. The van der Waals surface area contributed by atoms with Gasteiger partial charge in [0.2, 0.25) is 0 Å². The Labute approximate surface area is 102 Å². The van der Waals surface area contributed by atoms with Gasteiger partial charge in [-0.1, -0.05) is 27.7 Å². The molecule has 1 unspecified atom stereocenters. The van der Waals surface area contributed by atoms with E-state index < -0.39 is 0 Å². The maximum absolute atomic E-state index is 3.71. The molecule has 2 heteroatoms. The van der Waals surface area contributed by atoms with Gasteiger partial charge < -0.3 is 10.2 Å². The smallest absolute Gasteiger partial charge is 0.0223 e. The second-order valence-corrected chi connectivity index (χ2v) is 6.66. The van der Waals surface area contributed by atoms with Crippen LogP contribution in [0.5, 0.6) is 0 Å². The summed E-state index contributed by atoms with van der Waals surface area (Å²) in [6.45, 7) is 12.8. The summed E-state index contributed by atoms with van der Waals surface area (Å²) in [5.41, 5.74) is 0.410. The van der Waals surface area contributed by atoms with Gasteiger partial charge in [-0.05, 0) is 44.2 Å². The van der Waals surface area contributed by atoms with E-state index in [4.69, 9.17) is 0 Å². The van der Waals surface area contributed by atoms with Gasteiger partial charge in [-0.15, -0.1) is 0 Å². The van der Waals surface area contributed by atoms with Gasteiger partial charge in [0, 0.05) is 19.1 Å². The molecular formula is C14H30N2. The van der Waals surface area contributed by atoms with Crippen LogP contribution in [0.4, 0.5) is 0 Å². The van der Waals surface area contributed by atoms with Crippen molar-refractivity contribution in [2.24, 2.45) is 11.3 Å². The van der Waals surface area contributed by atoms with Crippen LogP contribution in [0, 0.1) is 11.3 Å². The number of nitrogens with one attached hydrogen (secondary N) is 1. The van der Waals surface area contributed by atoms with Crippen molar-refractivity contribution in [2.75, 3.05) is 26.7 Å². The summed E-state index contributed by atoms with van der Waals surface area (Å²) in [5.74, 6) is 0.953. The zero-order chi connectivity index (χ0) is 12.2. The number of rotatable bonds is 7. The van der Waals surface area contributed by atoms with Crippen molar-refractivity contribution in [1.82, 2.24) is 10.2 Å². The van der Waals surface area contributed by atoms with Crippen LogP contribution < -0.4 is 5.32 Å². The molecule has 2 nitrogen and oxygen atoms in total. The predicted molar refractivity (Wildman–Crippen MR) is 71.8 cm³/mol. The Morgan fingerprint density at radius 3 is 2.38 bits per heavy atom. The highest BCUT2D eigenvalue weighted by Crippen LogP contribution is 2.33. The van der Waals surface area contributed by atoms with Crippen LogP contribution in [-0.4, -0.2) is 37.6 Å². The van der Waals surface area contributed by atoms with E-state index in [1.807, 2.05) is 0 Å². The molecule has 96 valence electrons. The van der Waals surface area contributed by atoms with Crippen molar-refractivity contribution in [3.05, 3.63) is 0 Å². The molecule has 0 radical (unpaired) electrons. The van der Waals surface area contributed by atoms with E-state index in [0.29, 0.717) is 5.41 Å². The largest absolute Gasteiger partial charge is 0.312 e. The normalized spacial score (nSPS) is 19.1. The summed E-state index contributed by atoms with van der Waals surface area (Å²) in [4.78, 5) is 2.49. The first-order valence-corrected chi connectivity index (χ1v) is 6.84. The number of hydrogen-bond acceptors (Lipinski definition) is 2. The molecule has 0 amide bonds. The molecular weight excluding hydrogens is 196 g/mol. The average Bonchev–Trinajstić information content (AvgIpc) is 2.91.